The molecule has 198 valence electrons. The first-order chi connectivity index (χ1) is 20.7. The fourth-order valence-corrected chi connectivity index (χ4v) is 7.16. The Morgan fingerprint density at radius 2 is 0.952 bits per heavy atom. The van der Waals surface area contributed by atoms with E-state index in [1.165, 1.54) is 62.7 Å². The van der Waals surface area contributed by atoms with Crippen LogP contribution in [0.1, 0.15) is 0 Å². The highest BCUT2D eigenvalue weighted by Crippen LogP contribution is 2.37. The first-order valence-corrected chi connectivity index (χ1v) is 15.9. The van der Waals surface area contributed by atoms with Gasteiger partial charge in [0.1, 0.15) is 0 Å². The summed E-state index contributed by atoms with van der Waals surface area (Å²) in [6.45, 7) is 0. The lowest BCUT2D eigenvalue weighted by Crippen LogP contribution is -1.86. The number of thiophene rings is 1. The number of benzene rings is 6. The van der Waals surface area contributed by atoms with E-state index in [1.807, 2.05) is 17.5 Å². The molecular formula is C39H24INS. The van der Waals surface area contributed by atoms with E-state index in [0.29, 0.717) is 0 Å². The third-order valence-corrected chi connectivity index (χ3v) is 9.88. The highest BCUT2D eigenvalue weighted by molar-refractivity contribution is 14.1. The molecule has 0 unspecified atom stereocenters. The molecule has 42 heavy (non-hydrogen) atoms. The van der Waals surface area contributed by atoms with E-state index in [9.17, 15) is 0 Å². The predicted octanol–water partition coefficient (Wildman–Crippen LogP) is 11.9. The molecule has 0 fully saturated rings. The average Bonchev–Trinajstić information content (AvgIpc) is 3.43. The van der Waals surface area contributed by atoms with Crippen LogP contribution in [0.15, 0.2) is 146 Å². The van der Waals surface area contributed by atoms with Gasteiger partial charge in [-0.05, 0) is 104 Å². The molecule has 6 aromatic carbocycles. The fraction of sp³-hybridized carbons (Fsp3) is 0. The average molecular weight is 666 g/mol. The zero-order valence-corrected chi connectivity index (χ0v) is 25.6. The van der Waals surface area contributed by atoms with Gasteiger partial charge in [-0.3, -0.25) is 4.98 Å². The quantitative estimate of drug-likeness (QED) is 0.171. The Hall–Kier alpha value is -4.32. The van der Waals surface area contributed by atoms with Crippen molar-refractivity contribution < 1.29 is 0 Å². The Bertz CT molecular complexity index is 2230. The van der Waals surface area contributed by atoms with Crippen LogP contribution in [0.3, 0.4) is 0 Å². The van der Waals surface area contributed by atoms with Crippen LogP contribution in [0.25, 0.3) is 75.6 Å². The van der Waals surface area contributed by atoms with Gasteiger partial charge in [-0.15, -0.1) is 11.3 Å². The van der Waals surface area contributed by atoms with Gasteiger partial charge in [0.15, 0.2) is 0 Å². The van der Waals surface area contributed by atoms with E-state index in [-0.39, 0.29) is 0 Å². The normalized spacial score (nSPS) is 11.5. The Kier molecular flexibility index (Phi) is 6.35. The maximum atomic E-state index is 4.86. The largest absolute Gasteiger partial charge is 0.256 e. The molecule has 2 aromatic heterocycles. The fourth-order valence-electron chi connectivity index (χ4n) is 5.72. The molecule has 3 heteroatoms. The summed E-state index contributed by atoms with van der Waals surface area (Å²) in [6.07, 6.45) is 1.99. The zero-order chi connectivity index (χ0) is 28.0. The molecule has 8 aromatic rings. The third-order valence-electron chi connectivity index (χ3n) is 8.01. The van der Waals surface area contributed by atoms with Gasteiger partial charge in [0, 0.05) is 40.9 Å². The Balaban J connectivity index is 1.05. The van der Waals surface area contributed by atoms with Gasteiger partial charge in [-0.25, -0.2) is 0 Å². The molecular weight excluding hydrogens is 641 g/mol. The van der Waals surface area contributed by atoms with Crippen molar-refractivity contribution in [1.82, 2.24) is 4.98 Å². The molecule has 8 rings (SSSR count). The summed E-state index contributed by atoms with van der Waals surface area (Å²) in [4.78, 5) is 4.86. The van der Waals surface area contributed by atoms with Crippen molar-refractivity contribution in [2.75, 3.05) is 0 Å². The van der Waals surface area contributed by atoms with E-state index in [0.717, 1.165) is 16.5 Å². The van der Waals surface area contributed by atoms with Crippen LogP contribution in [0.2, 0.25) is 0 Å². The van der Waals surface area contributed by atoms with Gasteiger partial charge in [-0.1, -0.05) is 97.1 Å². The highest BCUT2D eigenvalue weighted by Gasteiger charge is 2.08. The van der Waals surface area contributed by atoms with E-state index >= 15 is 0 Å². The van der Waals surface area contributed by atoms with Gasteiger partial charge in [-0.2, -0.15) is 0 Å². The summed E-state index contributed by atoms with van der Waals surface area (Å²) in [7, 11) is 0. The highest BCUT2D eigenvalue weighted by atomic mass is 127. The molecule has 0 aliphatic carbocycles. The van der Waals surface area contributed by atoms with Gasteiger partial charge in [0.2, 0.25) is 0 Å². The van der Waals surface area contributed by atoms with Crippen molar-refractivity contribution in [2.24, 2.45) is 0 Å². The molecule has 0 spiro atoms. The van der Waals surface area contributed by atoms with E-state index < -0.39 is 0 Å². The monoisotopic (exact) mass is 665 g/mol. The first-order valence-electron chi connectivity index (χ1n) is 14.0. The summed E-state index contributed by atoms with van der Waals surface area (Å²) in [5, 5.41) is 3.81. The summed E-state index contributed by atoms with van der Waals surface area (Å²) in [5.41, 5.74) is 10.6. The van der Waals surface area contributed by atoms with Crippen LogP contribution < -0.4 is 0 Å². The second kappa shape index (κ2) is 10.5. The van der Waals surface area contributed by atoms with Crippen molar-refractivity contribution in [3.05, 3.63) is 149 Å². The maximum Gasteiger partial charge on any atom is 0.0708 e. The lowest BCUT2D eigenvalue weighted by Gasteiger charge is -2.09. The van der Waals surface area contributed by atoms with Gasteiger partial charge < -0.3 is 0 Å². The van der Waals surface area contributed by atoms with Crippen LogP contribution in [-0.2, 0) is 0 Å². The predicted molar refractivity (Wildman–Crippen MR) is 189 cm³/mol. The van der Waals surface area contributed by atoms with Gasteiger partial charge >= 0.3 is 0 Å². The van der Waals surface area contributed by atoms with Crippen LogP contribution in [0, 0.1) is 3.57 Å². The first kappa shape index (κ1) is 25.4. The molecule has 1 nitrogen and oxygen atoms in total. The summed E-state index contributed by atoms with van der Waals surface area (Å²) >= 11 is 4.20. The number of rotatable bonds is 4. The van der Waals surface area contributed by atoms with Gasteiger partial charge in [0.05, 0.1) is 5.52 Å². The summed E-state index contributed by atoms with van der Waals surface area (Å²) in [5.74, 6) is 0. The molecule has 0 atom stereocenters. The Labute approximate surface area is 262 Å². The number of fused-ring (bicyclic) bond motifs is 4. The Morgan fingerprint density at radius 3 is 1.67 bits per heavy atom. The molecule has 0 amide bonds. The summed E-state index contributed by atoms with van der Waals surface area (Å²) in [6, 6.07) is 50.6. The Morgan fingerprint density at radius 1 is 0.429 bits per heavy atom. The van der Waals surface area contributed by atoms with E-state index in [4.69, 9.17) is 4.98 Å². The van der Waals surface area contributed by atoms with Crippen molar-refractivity contribution in [2.45, 2.75) is 0 Å². The second-order valence-corrected chi connectivity index (χ2v) is 12.9. The van der Waals surface area contributed by atoms with Crippen LogP contribution in [0.4, 0.5) is 0 Å². The van der Waals surface area contributed by atoms with Crippen LogP contribution in [-0.4, -0.2) is 4.98 Å². The smallest absolute Gasteiger partial charge is 0.0708 e. The molecule has 0 bridgehead atoms. The lowest BCUT2D eigenvalue weighted by molar-refractivity contribution is 1.41. The van der Waals surface area contributed by atoms with Crippen molar-refractivity contribution >= 4 is 65.0 Å². The topological polar surface area (TPSA) is 12.9 Å². The molecule has 0 aliphatic heterocycles. The van der Waals surface area contributed by atoms with E-state index in [1.54, 1.807) is 0 Å². The molecule has 0 saturated heterocycles. The second-order valence-electron chi connectivity index (χ2n) is 10.6. The molecule has 0 saturated carbocycles. The molecule has 0 radical (unpaired) electrons. The minimum absolute atomic E-state index is 1.01. The minimum Gasteiger partial charge on any atom is -0.256 e. The maximum absolute atomic E-state index is 4.86. The van der Waals surface area contributed by atoms with Crippen molar-refractivity contribution in [1.29, 1.82) is 0 Å². The lowest BCUT2D eigenvalue weighted by atomic mass is 9.98. The van der Waals surface area contributed by atoms with Crippen LogP contribution in [0.5, 0.6) is 0 Å². The summed E-state index contributed by atoms with van der Waals surface area (Å²) < 4.78 is 3.92. The SMILES string of the molecule is Ic1ccc(-c2ccc(-c3ccc4cc(-c5ccc(-c6ccc7sc8ccccc8c7c6)cc5)cnc4c3)cc2)cc1. The van der Waals surface area contributed by atoms with E-state index in [2.05, 4.69) is 162 Å². The number of pyridine rings is 1. The number of halogens is 1. The zero-order valence-electron chi connectivity index (χ0n) is 22.6. The number of aromatic nitrogens is 1. The number of hydrogen-bond donors (Lipinski definition) is 0. The third kappa shape index (κ3) is 4.69. The molecule has 0 N–H and O–H groups in total. The molecule has 0 aliphatic rings. The van der Waals surface area contributed by atoms with Gasteiger partial charge in [0.25, 0.3) is 0 Å². The number of nitrogens with zero attached hydrogens (tertiary/aromatic N) is 1. The standard InChI is InChI=1S/C39H24INS/c40-34-18-15-26(16-19-34)25-5-7-28(8-6-25)31-13-14-32-21-33(24-41-37(32)23-31)29-11-9-27(10-12-29)30-17-20-39-36(22-30)35-3-1-2-4-38(35)42-39/h1-24H. The number of hydrogen-bond acceptors (Lipinski definition) is 2. The minimum atomic E-state index is 1.01. The van der Waals surface area contributed by atoms with Crippen molar-refractivity contribution in [3.8, 4) is 44.5 Å². The van der Waals surface area contributed by atoms with Crippen molar-refractivity contribution in [3.63, 3.8) is 0 Å². The molecule has 2 heterocycles. The van der Waals surface area contributed by atoms with Crippen LogP contribution >= 0.6 is 33.9 Å².